The van der Waals surface area contributed by atoms with Gasteiger partial charge in [-0.15, -0.1) is 11.3 Å². The van der Waals surface area contributed by atoms with Crippen molar-refractivity contribution in [3.05, 3.63) is 10.4 Å². The minimum absolute atomic E-state index is 0.0119. The molecule has 0 aliphatic rings. The molecule has 13 heavy (non-hydrogen) atoms. The van der Waals surface area contributed by atoms with Crippen LogP contribution in [0.2, 0.25) is 0 Å². The van der Waals surface area contributed by atoms with E-state index in [9.17, 15) is 4.79 Å². The summed E-state index contributed by atoms with van der Waals surface area (Å²) in [6.07, 6.45) is 1.91. The van der Waals surface area contributed by atoms with Crippen LogP contribution in [0.15, 0.2) is 5.38 Å². The summed E-state index contributed by atoms with van der Waals surface area (Å²) in [5.41, 5.74) is 0. The third-order valence-corrected chi connectivity index (χ3v) is 3.29. The Hall–Kier alpha value is -0.550. The van der Waals surface area contributed by atoms with E-state index in [2.05, 4.69) is 10.3 Å². The number of aryl methyl sites for hydroxylation is 1. The van der Waals surface area contributed by atoms with Crippen molar-refractivity contribution in [3.63, 3.8) is 0 Å². The Morgan fingerprint density at radius 1 is 1.77 bits per heavy atom. The topological polar surface area (TPSA) is 42.0 Å². The van der Waals surface area contributed by atoms with E-state index < -0.39 is 0 Å². The van der Waals surface area contributed by atoms with Crippen molar-refractivity contribution in [3.8, 4) is 0 Å². The highest BCUT2D eigenvalue weighted by Gasteiger charge is 2.11. The standard InChI is InChI=1S/C8H12N2OS2/c1-5(12-3)8(11)10-7-4-13-6(2)9-7/h4-5H,1-3H3,(H,10,11). The van der Waals surface area contributed by atoms with Crippen molar-refractivity contribution in [2.75, 3.05) is 11.6 Å². The Morgan fingerprint density at radius 2 is 2.46 bits per heavy atom. The molecule has 1 rings (SSSR count). The van der Waals surface area contributed by atoms with Gasteiger partial charge in [0.15, 0.2) is 0 Å². The summed E-state index contributed by atoms with van der Waals surface area (Å²) in [6, 6.07) is 0. The number of amides is 1. The fourth-order valence-corrected chi connectivity index (χ4v) is 1.57. The molecule has 1 aromatic heterocycles. The molecule has 1 N–H and O–H groups in total. The fraction of sp³-hybridized carbons (Fsp3) is 0.500. The van der Waals surface area contributed by atoms with Crippen molar-refractivity contribution in [2.45, 2.75) is 19.1 Å². The first-order chi connectivity index (χ1) is 6.13. The van der Waals surface area contributed by atoms with E-state index in [1.165, 1.54) is 23.1 Å². The molecule has 1 atom stereocenters. The van der Waals surface area contributed by atoms with Gasteiger partial charge in [-0.05, 0) is 20.1 Å². The highest BCUT2D eigenvalue weighted by atomic mass is 32.2. The van der Waals surface area contributed by atoms with Gasteiger partial charge in [0.2, 0.25) is 5.91 Å². The maximum absolute atomic E-state index is 11.4. The molecule has 1 heterocycles. The lowest BCUT2D eigenvalue weighted by atomic mass is 10.4. The zero-order valence-electron chi connectivity index (χ0n) is 7.83. The maximum Gasteiger partial charge on any atom is 0.238 e. The van der Waals surface area contributed by atoms with E-state index in [4.69, 9.17) is 0 Å². The molecule has 0 saturated heterocycles. The number of thioether (sulfide) groups is 1. The molecule has 0 aliphatic carbocycles. The Kier molecular flexibility index (Phi) is 3.74. The Labute approximate surface area is 86.0 Å². The molecular weight excluding hydrogens is 204 g/mol. The quantitative estimate of drug-likeness (QED) is 0.841. The first-order valence-electron chi connectivity index (χ1n) is 3.89. The molecule has 1 unspecified atom stereocenters. The van der Waals surface area contributed by atoms with Crippen molar-refractivity contribution in [1.82, 2.24) is 4.98 Å². The van der Waals surface area contributed by atoms with Gasteiger partial charge in [-0.3, -0.25) is 4.79 Å². The lowest BCUT2D eigenvalue weighted by Crippen LogP contribution is -2.22. The molecule has 1 amide bonds. The van der Waals surface area contributed by atoms with E-state index in [1.807, 2.05) is 25.5 Å². The SMILES string of the molecule is CSC(C)C(=O)Nc1csc(C)n1. The average Bonchev–Trinajstić information content (AvgIpc) is 2.49. The number of anilines is 1. The van der Waals surface area contributed by atoms with Crippen LogP contribution in [0.4, 0.5) is 5.82 Å². The summed E-state index contributed by atoms with van der Waals surface area (Å²) >= 11 is 3.06. The number of nitrogens with zero attached hydrogens (tertiary/aromatic N) is 1. The van der Waals surface area contributed by atoms with Crippen LogP contribution in [0.3, 0.4) is 0 Å². The molecule has 0 spiro atoms. The first-order valence-corrected chi connectivity index (χ1v) is 6.06. The summed E-state index contributed by atoms with van der Waals surface area (Å²) in [5, 5.41) is 5.54. The summed E-state index contributed by atoms with van der Waals surface area (Å²) in [7, 11) is 0. The zero-order valence-corrected chi connectivity index (χ0v) is 9.46. The van der Waals surface area contributed by atoms with Crippen LogP contribution < -0.4 is 5.32 Å². The summed E-state index contributed by atoms with van der Waals surface area (Å²) < 4.78 is 0. The van der Waals surface area contributed by atoms with Gasteiger partial charge in [0.1, 0.15) is 5.82 Å². The van der Waals surface area contributed by atoms with E-state index >= 15 is 0 Å². The van der Waals surface area contributed by atoms with Crippen LogP contribution in [0.25, 0.3) is 0 Å². The molecule has 0 saturated carbocycles. The predicted octanol–water partition coefficient (Wildman–Crippen LogP) is 2.14. The minimum Gasteiger partial charge on any atom is -0.309 e. The molecule has 72 valence electrons. The smallest absolute Gasteiger partial charge is 0.238 e. The van der Waals surface area contributed by atoms with Gasteiger partial charge in [-0.25, -0.2) is 4.98 Å². The second kappa shape index (κ2) is 4.62. The Balaban J connectivity index is 2.54. The number of carbonyl (C=O) groups is 1. The second-order valence-electron chi connectivity index (χ2n) is 2.62. The fourth-order valence-electron chi connectivity index (χ4n) is 0.756. The molecule has 0 bridgehead atoms. The monoisotopic (exact) mass is 216 g/mol. The van der Waals surface area contributed by atoms with E-state index in [0.29, 0.717) is 5.82 Å². The zero-order chi connectivity index (χ0) is 9.84. The number of hydrogen-bond acceptors (Lipinski definition) is 4. The molecule has 0 aliphatic heterocycles. The second-order valence-corrected chi connectivity index (χ2v) is 4.86. The summed E-state index contributed by atoms with van der Waals surface area (Å²) in [4.78, 5) is 15.5. The summed E-state index contributed by atoms with van der Waals surface area (Å²) in [6.45, 7) is 3.79. The highest BCUT2D eigenvalue weighted by molar-refractivity contribution is 7.99. The van der Waals surface area contributed by atoms with E-state index in [0.717, 1.165) is 5.01 Å². The Morgan fingerprint density at radius 3 is 2.92 bits per heavy atom. The highest BCUT2D eigenvalue weighted by Crippen LogP contribution is 2.14. The van der Waals surface area contributed by atoms with Gasteiger partial charge in [0.05, 0.1) is 10.3 Å². The lowest BCUT2D eigenvalue weighted by Gasteiger charge is -2.06. The van der Waals surface area contributed by atoms with Crippen molar-refractivity contribution >= 4 is 34.8 Å². The number of aromatic nitrogens is 1. The van der Waals surface area contributed by atoms with Crippen LogP contribution in [0.5, 0.6) is 0 Å². The third-order valence-electron chi connectivity index (χ3n) is 1.59. The average molecular weight is 216 g/mol. The molecule has 5 heteroatoms. The van der Waals surface area contributed by atoms with E-state index in [-0.39, 0.29) is 11.2 Å². The summed E-state index contributed by atoms with van der Waals surface area (Å²) in [5.74, 6) is 0.672. The van der Waals surface area contributed by atoms with E-state index in [1.54, 1.807) is 0 Å². The van der Waals surface area contributed by atoms with Gasteiger partial charge in [0.25, 0.3) is 0 Å². The van der Waals surface area contributed by atoms with Gasteiger partial charge >= 0.3 is 0 Å². The van der Waals surface area contributed by atoms with Crippen LogP contribution in [-0.2, 0) is 4.79 Å². The maximum atomic E-state index is 11.4. The molecule has 0 radical (unpaired) electrons. The van der Waals surface area contributed by atoms with Crippen molar-refractivity contribution in [1.29, 1.82) is 0 Å². The number of carbonyl (C=O) groups excluding carboxylic acids is 1. The minimum atomic E-state index is -0.0259. The van der Waals surface area contributed by atoms with Gasteiger partial charge in [-0.2, -0.15) is 11.8 Å². The molecule has 0 aromatic carbocycles. The number of rotatable bonds is 3. The van der Waals surface area contributed by atoms with Crippen LogP contribution in [0, 0.1) is 6.92 Å². The number of nitrogens with one attached hydrogen (secondary N) is 1. The van der Waals surface area contributed by atoms with Gasteiger partial charge in [-0.1, -0.05) is 0 Å². The van der Waals surface area contributed by atoms with Crippen LogP contribution in [0.1, 0.15) is 11.9 Å². The number of hydrogen-bond donors (Lipinski definition) is 1. The van der Waals surface area contributed by atoms with Crippen molar-refractivity contribution in [2.24, 2.45) is 0 Å². The van der Waals surface area contributed by atoms with Crippen LogP contribution >= 0.6 is 23.1 Å². The normalized spacial score (nSPS) is 12.5. The largest absolute Gasteiger partial charge is 0.309 e. The molecule has 0 fully saturated rings. The first kappa shape index (κ1) is 10.5. The van der Waals surface area contributed by atoms with Crippen molar-refractivity contribution < 1.29 is 4.79 Å². The van der Waals surface area contributed by atoms with Gasteiger partial charge in [0, 0.05) is 5.38 Å². The molecule has 3 nitrogen and oxygen atoms in total. The van der Waals surface area contributed by atoms with Gasteiger partial charge < -0.3 is 5.32 Å². The predicted molar refractivity (Wildman–Crippen MR) is 58.5 cm³/mol. The van der Waals surface area contributed by atoms with Crippen LogP contribution in [-0.4, -0.2) is 22.4 Å². The lowest BCUT2D eigenvalue weighted by molar-refractivity contribution is -0.115. The molecule has 1 aromatic rings. The number of thiazole rings is 1. The Bertz CT molecular complexity index is 298. The third kappa shape index (κ3) is 3.00. The molecular formula is C8H12N2OS2.